The fraction of sp³-hybridized carbons (Fsp3) is 0.348. The Morgan fingerprint density at radius 2 is 1.97 bits per heavy atom. The van der Waals surface area contributed by atoms with Crippen LogP contribution in [0, 0.1) is 0 Å². The lowest BCUT2D eigenvalue weighted by Gasteiger charge is -2.17. The van der Waals surface area contributed by atoms with Crippen LogP contribution in [0.15, 0.2) is 48.7 Å². The Balaban J connectivity index is 1.71. The number of carboxylic acid groups (broad SMARTS) is 1. The van der Waals surface area contributed by atoms with Crippen LogP contribution in [0.4, 0.5) is 0 Å². The lowest BCUT2D eigenvalue weighted by Crippen LogP contribution is -2.38. The van der Waals surface area contributed by atoms with E-state index in [1.165, 1.54) is 0 Å². The number of hydrogen-bond donors (Lipinski definition) is 3. The number of hydrogen-bond acceptors (Lipinski definition) is 4. The number of aromatic amines is 1. The molecular weight excluding hydrogens is 368 g/mol. The predicted octanol–water partition coefficient (Wildman–Crippen LogP) is 4.14. The van der Waals surface area contributed by atoms with E-state index in [9.17, 15) is 9.90 Å². The summed E-state index contributed by atoms with van der Waals surface area (Å²) in [6.45, 7) is 6.80. The molecule has 3 rings (SSSR count). The first kappa shape index (κ1) is 20.7. The minimum Gasteiger partial charge on any atom is -0.490 e. The Bertz CT molecular complexity index is 964. The van der Waals surface area contributed by atoms with E-state index in [0.29, 0.717) is 31.1 Å². The van der Waals surface area contributed by atoms with Crippen molar-refractivity contribution in [1.82, 2.24) is 10.3 Å². The van der Waals surface area contributed by atoms with Crippen molar-refractivity contribution in [2.75, 3.05) is 6.61 Å². The summed E-state index contributed by atoms with van der Waals surface area (Å²) in [4.78, 5) is 15.0. The number of rotatable bonds is 10. The average Bonchev–Trinajstić information content (AvgIpc) is 3.09. The van der Waals surface area contributed by atoms with Gasteiger partial charge in [0.15, 0.2) is 11.5 Å². The van der Waals surface area contributed by atoms with E-state index in [1.807, 2.05) is 69.4 Å². The predicted molar refractivity (Wildman–Crippen MR) is 114 cm³/mol. The standard InChI is InChI=1S/C23H28N2O4/c1-4-28-22-11-16(9-10-21(22)29-15(2)3)13-24-20(23(26)27)12-17-14-25-19-8-6-5-7-18(17)19/h5-11,14-15,20,24-25H,4,12-13H2,1-3H3,(H,26,27)/t20-/m0/s1. The van der Waals surface area contributed by atoms with E-state index in [2.05, 4.69) is 10.3 Å². The molecule has 0 aliphatic carbocycles. The molecule has 1 heterocycles. The number of aliphatic carboxylic acids is 1. The number of carboxylic acids is 1. The van der Waals surface area contributed by atoms with Gasteiger partial charge in [0.1, 0.15) is 6.04 Å². The second-order valence-corrected chi connectivity index (χ2v) is 7.22. The molecule has 0 saturated carbocycles. The molecule has 29 heavy (non-hydrogen) atoms. The van der Waals surface area contributed by atoms with Crippen LogP contribution in [0.1, 0.15) is 31.9 Å². The zero-order chi connectivity index (χ0) is 20.8. The Morgan fingerprint density at radius 1 is 1.17 bits per heavy atom. The van der Waals surface area contributed by atoms with Crippen LogP contribution in [-0.2, 0) is 17.8 Å². The van der Waals surface area contributed by atoms with Crippen LogP contribution in [0.25, 0.3) is 10.9 Å². The summed E-state index contributed by atoms with van der Waals surface area (Å²) in [6, 6.07) is 12.9. The van der Waals surface area contributed by atoms with Gasteiger partial charge in [-0.15, -0.1) is 0 Å². The minimum atomic E-state index is -0.875. The molecule has 2 aromatic carbocycles. The van der Waals surface area contributed by atoms with Gasteiger partial charge in [-0.05, 0) is 50.1 Å². The van der Waals surface area contributed by atoms with Gasteiger partial charge in [0.2, 0.25) is 0 Å². The van der Waals surface area contributed by atoms with Crippen LogP contribution in [-0.4, -0.2) is 34.8 Å². The zero-order valence-electron chi connectivity index (χ0n) is 17.1. The normalized spacial score (nSPS) is 12.3. The van der Waals surface area contributed by atoms with Crippen molar-refractivity contribution in [2.45, 2.75) is 45.9 Å². The van der Waals surface area contributed by atoms with E-state index in [0.717, 1.165) is 22.0 Å². The van der Waals surface area contributed by atoms with Crippen molar-refractivity contribution in [3.8, 4) is 11.5 Å². The minimum absolute atomic E-state index is 0.0470. The van der Waals surface area contributed by atoms with Crippen LogP contribution in [0.3, 0.4) is 0 Å². The van der Waals surface area contributed by atoms with Crippen molar-refractivity contribution in [3.05, 3.63) is 59.8 Å². The maximum absolute atomic E-state index is 11.8. The van der Waals surface area contributed by atoms with Crippen LogP contribution >= 0.6 is 0 Å². The summed E-state index contributed by atoms with van der Waals surface area (Å²) >= 11 is 0. The monoisotopic (exact) mass is 396 g/mol. The van der Waals surface area contributed by atoms with Crippen molar-refractivity contribution < 1.29 is 19.4 Å². The molecule has 0 amide bonds. The lowest BCUT2D eigenvalue weighted by molar-refractivity contribution is -0.139. The Labute approximate surface area is 170 Å². The van der Waals surface area contributed by atoms with E-state index in [1.54, 1.807) is 0 Å². The third-order valence-corrected chi connectivity index (χ3v) is 4.62. The fourth-order valence-electron chi connectivity index (χ4n) is 3.29. The second-order valence-electron chi connectivity index (χ2n) is 7.22. The number of ether oxygens (including phenoxy) is 2. The quantitative estimate of drug-likeness (QED) is 0.480. The van der Waals surface area contributed by atoms with Gasteiger partial charge < -0.3 is 24.9 Å². The first-order chi connectivity index (χ1) is 14.0. The van der Waals surface area contributed by atoms with Crippen LogP contribution in [0.2, 0.25) is 0 Å². The van der Waals surface area contributed by atoms with Gasteiger partial charge in [0.25, 0.3) is 0 Å². The van der Waals surface area contributed by atoms with Gasteiger partial charge in [-0.3, -0.25) is 4.79 Å². The highest BCUT2D eigenvalue weighted by molar-refractivity contribution is 5.84. The molecule has 6 nitrogen and oxygen atoms in total. The Kier molecular flexibility index (Phi) is 6.77. The van der Waals surface area contributed by atoms with E-state index >= 15 is 0 Å². The molecule has 1 atom stereocenters. The summed E-state index contributed by atoms with van der Waals surface area (Å²) in [6.07, 6.45) is 2.32. The van der Waals surface area contributed by atoms with Gasteiger partial charge >= 0.3 is 5.97 Å². The van der Waals surface area contributed by atoms with Gasteiger partial charge in [-0.25, -0.2) is 0 Å². The third-order valence-electron chi connectivity index (χ3n) is 4.62. The first-order valence-corrected chi connectivity index (χ1v) is 9.91. The Hall–Kier alpha value is -2.99. The lowest BCUT2D eigenvalue weighted by atomic mass is 10.0. The molecule has 3 aromatic rings. The molecule has 0 spiro atoms. The SMILES string of the molecule is CCOc1cc(CN[C@@H](Cc2c[nH]c3ccccc23)C(=O)O)ccc1OC(C)C. The summed E-state index contributed by atoms with van der Waals surface area (Å²) in [5, 5.41) is 13.9. The summed E-state index contributed by atoms with van der Waals surface area (Å²) in [5.41, 5.74) is 2.93. The summed E-state index contributed by atoms with van der Waals surface area (Å²) < 4.78 is 11.5. The number of H-pyrrole nitrogens is 1. The van der Waals surface area contributed by atoms with Crippen molar-refractivity contribution in [3.63, 3.8) is 0 Å². The largest absolute Gasteiger partial charge is 0.490 e. The average molecular weight is 396 g/mol. The number of nitrogens with one attached hydrogen (secondary N) is 2. The molecular formula is C23H28N2O4. The Morgan fingerprint density at radius 3 is 2.69 bits per heavy atom. The molecule has 0 saturated heterocycles. The highest BCUT2D eigenvalue weighted by Gasteiger charge is 2.19. The molecule has 3 N–H and O–H groups in total. The van der Waals surface area contributed by atoms with Crippen molar-refractivity contribution >= 4 is 16.9 Å². The molecule has 0 radical (unpaired) electrons. The molecule has 1 aromatic heterocycles. The summed E-state index contributed by atoms with van der Waals surface area (Å²) in [5.74, 6) is 0.489. The van der Waals surface area contributed by atoms with E-state index < -0.39 is 12.0 Å². The van der Waals surface area contributed by atoms with Crippen molar-refractivity contribution in [2.24, 2.45) is 0 Å². The third kappa shape index (κ3) is 5.29. The molecule has 0 fully saturated rings. The summed E-state index contributed by atoms with van der Waals surface area (Å²) in [7, 11) is 0. The van der Waals surface area contributed by atoms with Crippen molar-refractivity contribution in [1.29, 1.82) is 0 Å². The van der Waals surface area contributed by atoms with E-state index in [4.69, 9.17) is 9.47 Å². The fourth-order valence-corrected chi connectivity index (χ4v) is 3.29. The molecule has 6 heteroatoms. The van der Waals surface area contributed by atoms with Crippen LogP contribution < -0.4 is 14.8 Å². The van der Waals surface area contributed by atoms with Gasteiger partial charge in [0.05, 0.1) is 12.7 Å². The van der Waals surface area contributed by atoms with Gasteiger partial charge in [-0.2, -0.15) is 0 Å². The number of para-hydroxylation sites is 1. The molecule has 154 valence electrons. The smallest absolute Gasteiger partial charge is 0.321 e. The molecule has 0 aliphatic heterocycles. The topological polar surface area (TPSA) is 83.6 Å². The second kappa shape index (κ2) is 9.47. The molecule has 0 bridgehead atoms. The van der Waals surface area contributed by atoms with Gasteiger partial charge in [-0.1, -0.05) is 24.3 Å². The maximum Gasteiger partial charge on any atom is 0.321 e. The van der Waals surface area contributed by atoms with E-state index in [-0.39, 0.29) is 6.10 Å². The first-order valence-electron chi connectivity index (χ1n) is 9.91. The number of aromatic nitrogens is 1. The van der Waals surface area contributed by atoms with Crippen LogP contribution in [0.5, 0.6) is 11.5 Å². The number of carbonyl (C=O) groups is 1. The number of benzene rings is 2. The maximum atomic E-state index is 11.8. The zero-order valence-corrected chi connectivity index (χ0v) is 17.1. The molecule has 0 unspecified atom stereocenters. The number of fused-ring (bicyclic) bond motifs is 1. The highest BCUT2D eigenvalue weighted by Crippen LogP contribution is 2.29. The highest BCUT2D eigenvalue weighted by atomic mass is 16.5. The van der Waals surface area contributed by atoms with Gasteiger partial charge in [0, 0.05) is 30.1 Å². The molecule has 0 aliphatic rings.